The number of cyclic esters (lactones) is 2. The molecule has 0 spiro atoms. The Bertz CT molecular complexity index is 738. The zero-order valence-corrected chi connectivity index (χ0v) is 13.1. The summed E-state index contributed by atoms with van der Waals surface area (Å²) in [5.41, 5.74) is -0.0226. The minimum absolute atomic E-state index is 0.0577. The first-order chi connectivity index (χ1) is 10.7. The van der Waals surface area contributed by atoms with Crippen LogP contribution < -0.4 is 4.90 Å². The van der Waals surface area contributed by atoms with Crippen LogP contribution in [0.2, 0.25) is 0 Å². The van der Waals surface area contributed by atoms with Gasteiger partial charge in [0.2, 0.25) is 0 Å². The van der Waals surface area contributed by atoms with E-state index in [1.165, 1.54) is 24.8 Å². The lowest BCUT2D eigenvalue weighted by Gasteiger charge is -2.30. The van der Waals surface area contributed by atoms with Gasteiger partial charge in [0.1, 0.15) is 17.5 Å². The SMILES string of the molecule is CN(C)c1c(C#N)ccc(F)c1C=C1C(=O)OC(C)(C)OC1=O. The van der Waals surface area contributed by atoms with Crippen molar-refractivity contribution in [2.24, 2.45) is 0 Å². The number of benzene rings is 1. The lowest BCUT2D eigenvalue weighted by molar-refractivity contribution is -0.222. The fraction of sp³-hybridized carbons (Fsp3) is 0.312. The number of halogens is 1. The van der Waals surface area contributed by atoms with Gasteiger partial charge in [-0.15, -0.1) is 0 Å². The number of hydrogen-bond acceptors (Lipinski definition) is 6. The van der Waals surface area contributed by atoms with Gasteiger partial charge in [0, 0.05) is 33.5 Å². The molecule has 1 aliphatic rings. The monoisotopic (exact) mass is 318 g/mol. The van der Waals surface area contributed by atoms with Gasteiger partial charge in [0.15, 0.2) is 0 Å². The third kappa shape index (κ3) is 3.16. The molecule has 0 amide bonds. The van der Waals surface area contributed by atoms with E-state index < -0.39 is 29.1 Å². The number of nitriles is 1. The number of carbonyl (C=O) groups excluding carboxylic acids is 2. The lowest BCUT2D eigenvalue weighted by Crippen LogP contribution is -2.41. The molecule has 7 heteroatoms. The molecule has 2 rings (SSSR count). The molecule has 1 heterocycles. The third-order valence-corrected chi connectivity index (χ3v) is 3.14. The highest BCUT2D eigenvalue weighted by Gasteiger charge is 2.39. The average molecular weight is 318 g/mol. The summed E-state index contributed by atoms with van der Waals surface area (Å²) in [4.78, 5) is 25.5. The van der Waals surface area contributed by atoms with Crippen LogP contribution in [-0.4, -0.2) is 31.8 Å². The number of hydrogen-bond donors (Lipinski definition) is 0. The Kier molecular flexibility index (Phi) is 4.10. The van der Waals surface area contributed by atoms with E-state index >= 15 is 0 Å². The van der Waals surface area contributed by atoms with Crippen molar-refractivity contribution < 1.29 is 23.5 Å². The molecule has 0 unspecified atom stereocenters. The first kappa shape index (κ1) is 16.5. The van der Waals surface area contributed by atoms with Gasteiger partial charge in [-0.05, 0) is 18.2 Å². The van der Waals surface area contributed by atoms with E-state index in [1.807, 2.05) is 6.07 Å². The van der Waals surface area contributed by atoms with Gasteiger partial charge < -0.3 is 14.4 Å². The molecule has 1 saturated heterocycles. The van der Waals surface area contributed by atoms with Crippen molar-refractivity contribution in [2.45, 2.75) is 19.6 Å². The summed E-state index contributed by atoms with van der Waals surface area (Å²) in [5, 5.41) is 9.16. The van der Waals surface area contributed by atoms with Gasteiger partial charge in [-0.1, -0.05) is 0 Å². The number of carbonyl (C=O) groups is 2. The zero-order chi connectivity index (χ0) is 17.4. The summed E-state index contributed by atoms with van der Waals surface area (Å²) >= 11 is 0. The number of ether oxygens (including phenoxy) is 2. The smallest absolute Gasteiger partial charge is 0.348 e. The maximum atomic E-state index is 14.2. The third-order valence-electron chi connectivity index (χ3n) is 3.14. The highest BCUT2D eigenvalue weighted by atomic mass is 19.1. The van der Waals surface area contributed by atoms with Crippen LogP contribution in [-0.2, 0) is 19.1 Å². The molecule has 0 saturated carbocycles. The summed E-state index contributed by atoms with van der Waals surface area (Å²) in [5.74, 6) is -3.86. The molecule has 0 atom stereocenters. The second kappa shape index (κ2) is 5.72. The fourth-order valence-corrected chi connectivity index (χ4v) is 2.22. The van der Waals surface area contributed by atoms with Crippen molar-refractivity contribution in [1.29, 1.82) is 5.26 Å². The van der Waals surface area contributed by atoms with Gasteiger partial charge in [-0.3, -0.25) is 0 Å². The summed E-state index contributed by atoms with van der Waals surface area (Å²) in [7, 11) is 3.25. The van der Waals surface area contributed by atoms with E-state index in [0.717, 1.165) is 12.1 Å². The maximum absolute atomic E-state index is 14.2. The molecular formula is C16H15FN2O4. The Labute approximate surface area is 132 Å². The molecule has 0 aromatic heterocycles. The second-order valence-corrected chi connectivity index (χ2v) is 5.60. The Morgan fingerprint density at radius 2 is 1.78 bits per heavy atom. The van der Waals surface area contributed by atoms with Gasteiger partial charge in [0.25, 0.3) is 5.79 Å². The van der Waals surface area contributed by atoms with Gasteiger partial charge in [0.05, 0.1) is 11.3 Å². The maximum Gasteiger partial charge on any atom is 0.348 e. The topological polar surface area (TPSA) is 79.6 Å². The first-order valence-corrected chi connectivity index (χ1v) is 6.74. The molecule has 0 bridgehead atoms. The van der Waals surface area contributed by atoms with Crippen molar-refractivity contribution in [3.05, 3.63) is 34.6 Å². The molecular weight excluding hydrogens is 303 g/mol. The predicted octanol–water partition coefficient (Wildman–Crippen LogP) is 1.98. The minimum Gasteiger partial charge on any atom is -0.419 e. The Morgan fingerprint density at radius 3 is 2.26 bits per heavy atom. The van der Waals surface area contributed by atoms with E-state index in [2.05, 4.69) is 0 Å². The van der Waals surface area contributed by atoms with Gasteiger partial charge in [-0.25, -0.2) is 14.0 Å². The van der Waals surface area contributed by atoms with Crippen LogP contribution in [0.3, 0.4) is 0 Å². The molecule has 120 valence electrons. The zero-order valence-electron chi connectivity index (χ0n) is 13.1. The molecule has 1 aliphatic heterocycles. The quantitative estimate of drug-likeness (QED) is 0.471. The standard InChI is InChI=1S/C16H15FN2O4/c1-16(2)22-14(20)11(15(21)23-16)7-10-12(17)6-5-9(8-18)13(10)19(3)4/h5-7H,1-4H3. The van der Waals surface area contributed by atoms with Crippen LogP contribution in [0.25, 0.3) is 6.08 Å². The number of anilines is 1. The van der Waals surface area contributed by atoms with Crippen LogP contribution in [0.4, 0.5) is 10.1 Å². The minimum atomic E-state index is -1.37. The van der Waals surface area contributed by atoms with E-state index in [9.17, 15) is 14.0 Å². The van der Waals surface area contributed by atoms with Crippen LogP contribution in [0, 0.1) is 17.1 Å². The fourth-order valence-electron chi connectivity index (χ4n) is 2.22. The lowest BCUT2D eigenvalue weighted by atomic mass is 10.0. The molecule has 23 heavy (non-hydrogen) atoms. The molecule has 1 fully saturated rings. The predicted molar refractivity (Wildman–Crippen MR) is 79.7 cm³/mol. The summed E-state index contributed by atoms with van der Waals surface area (Å²) in [6, 6.07) is 4.37. The van der Waals surface area contributed by atoms with E-state index in [0.29, 0.717) is 0 Å². The molecule has 1 aromatic carbocycles. The van der Waals surface area contributed by atoms with Crippen LogP contribution in [0.5, 0.6) is 0 Å². The normalized spacial score (nSPS) is 16.3. The molecule has 0 aliphatic carbocycles. The number of rotatable bonds is 2. The summed E-state index contributed by atoms with van der Waals surface area (Å²) < 4.78 is 24.2. The van der Waals surface area contributed by atoms with E-state index in [1.54, 1.807) is 14.1 Å². The largest absolute Gasteiger partial charge is 0.419 e. The number of nitrogens with zero attached hydrogens (tertiary/aromatic N) is 2. The number of esters is 2. The Hall–Kier alpha value is -2.88. The molecule has 0 radical (unpaired) electrons. The van der Waals surface area contributed by atoms with Crippen molar-refractivity contribution in [3.8, 4) is 6.07 Å². The van der Waals surface area contributed by atoms with Crippen molar-refractivity contribution in [3.63, 3.8) is 0 Å². The van der Waals surface area contributed by atoms with Gasteiger partial charge in [-0.2, -0.15) is 5.26 Å². The van der Waals surface area contributed by atoms with Crippen LogP contribution in [0.1, 0.15) is 25.0 Å². The molecule has 1 aromatic rings. The van der Waals surface area contributed by atoms with Crippen molar-refractivity contribution >= 4 is 23.7 Å². The second-order valence-electron chi connectivity index (χ2n) is 5.60. The van der Waals surface area contributed by atoms with Crippen molar-refractivity contribution in [2.75, 3.05) is 19.0 Å². The first-order valence-electron chi connectivity index (χ1n) is 6.74. The summed E-state index contributed by atoms with van der Waals surface area (Å²) in [6.07, 6.45) is 1.05. The average Bonchev–Trinajstić information content (AvgIpc) is 2.42. The van der Waals surface area contributed by atoms with Crippen molar-refractivity contribution in [1.82, 2.24) is 0 Å². The van der Waals surface area contributed by atoms with E-state index in [4.69, 9.17) is 14.7 Å². The molecule has 6 nitrogen and oxygen atoms in total. The van der Waals surface area contributed by atoms with Crippen LogP contribution >= 0.6 is 0 Å². The summed E-state index contributed by atoms with van der Waals surface area (Å²) in [6.45, 7) is 2.84. The van der Waals surface area contributed by atoms with Crippen LogP contribution in [0.15, 0.2) is 17.7 Å². The highest BCUT2D eigenvalue weighted by molar-refractivity contribution is 6.19. The Balaban J connectivity index is 2.62. The Morgan fingerprint density at radius 1 is 1.22 bits per heavy atom. The highest BCUT2D eigenvalue weighted by Crippen LogP contribution is 2.31. The van der Waals surface area contributed by atoms with Gasteiger partial charge >= 0.3 is 11.9 Å². The van der Waals surface area contributed by atoms with E-state index in [-0.39, 0.29) is 16.8 Å². The molecule has 0 N–H and O–H groups in total.